The van der Waals surface area contributed by atoms with Crippen molar-refractivity contribution in [1.82, 2.24) is 4.98 Å². The molecule has 0 spiro atoms. The third-order valence-corrected chi connectivity index (χ3v) is 4.96. The van der Waals surface area contributed by atoms with Crippen LogP contribution < -0.4 is 10.6 Å². The number of anilines is 2. The van der Waals surface area contributed by atoms with Crippen molar-refractivity contribution in [2.24, 2.45) is 0 Å². The number of nitrogens with zero attached hydrogens (tertiary/aromatic N) is 1. The van der Waals surface area contributed by atoms with Gasteiger partial charge in [-0.15, -0.1) is 11.3 Å². The minimum Gasteiger partial charge on any atom is -0.321 e. The van der Waals surface area contributed by atoms with Crippen molar-refractivity contribution in [3.63, 3.8) is 0 Å². The molecule has 0 radical (unpaired) electrons. The molecule has 0 atom stereocenters. The monoisotopic (exact) mass is 393 g/mol. The summed E-state index contributed by atoms with van der Waals surface area (Å²) in [5, 5.41) is 7.63. The Morgan fingerprint density at radius 1 is 0.964 bits per heavy atom. The molecule has 0 saturated carbocycles. The highest BCUT2D eigenvalue weighted by molar-refractivity contribution is 7.14. The van der Waals surface area contributed by atoms with Gasteiger partial charge in [-0.25, -0.2) is 4.98 Å². The summed E-state index contributed by atoms with van der Waals surface area (Å²) in [5.41, 5.74) is 3.17. The van der Waals surface area contributed by atoms with Gasteiger partial charge in [-0.1, -0.05) is 63.2 Å². The first-order valence-corrected chi connectivity index (χ1v) is 9.90. The van der Waals surface area contributed by atoms with Gasteiger partial charge >= 0.3 is 0 Å². The Balaban J connectivity index is 1.58. The minimum atomic E-state index is -0.302. The van der Waals surface area contributed by atoms with Crippen LogP contribution in [0.3, 0.4) is 0 Å². The van der Waals surface area contributed by atoms with Crippen molar-refractivity contribution in [2.75, 3.05) is 10.6 Å². The zero-order valence-corrected chi connectivity index (χ0v) is 17.0. The molecular weight excluding hydrogens is 370 g/mol. The molecule has 28 heavy (non-hydrogen) atoms. The topological polar surface area (TPSA) is 71.1 Å². The molecule has 5 nitrogen and oxygen atoms in total. The van der Waals surface area contributed by atoms with Crippen molar-refractivity contribution in [3.05, 3.63) is 76.8 Å². The summed E-state index contributed by atoms with van der Waals surface area (Å²) in [6.45, 7) is 6.43. The number of thiazole rings is 1. The molecule has 1 heterocycles. The SMILES string of the molecule is CC(C)(C)c1ccc(NC(=O)c2csc(NC(=O)Cc3ccccc3)n2)cc1. The predicted molar refractivity (Wildman–Crippen MR) is 114 cm³/mol. The summed E-state index contributed by atoms with van der Waals surface area (Å²) in [7, 11) is 0. The largest absolute Gasteiger partial charge is 0.321 e. The number of nitrogens with one attached hydrogen (secondary N) is 2. The smallest absolute Gasteiger partial charge is 0.275 e. The van der Waals surface area contributed by atoms with Crippen LogP contribution in [0.15, 0.2) is 60.0 Å². The molecule has 144 valence electrons. The van der Waals surface area contributed by atoms with Gasteiger partial charge in [0.25, 0.3) is 5.91 Å². The Hall–Kier alpha value is -2.99. The second-order valence-corrected chi connectivity index (χ2v) is 8.39. The average molecular weight is 394 g/mol. The number of hydrogen-bond acceptors (Lipinski definition) is 4. The molecule has 2 aromatic carbocycles. The summed E-state index contributed by atoms with van der Waals surface area (Å²) >= 11 is 1.23. The normalized spacial score (nSPS) is 11.1. The molecule has 0 bridgehead atoms. The number of amides is 2. The van der Waals surface area contributed by atoms with Crippen LogP contribution in [-0.4, -0.2) is 16.8 Å². The molecular formula is C22H23N3O2S. The van der Waals surface area contributed by atoms with Crippen LogP contribution in [0.5, 0.6) is 0 Å². The highest BCUT2D eigenvalue weighted by atomic mass is 32.1. The maximum atomic E-state index is 12.4. The van der Waals surface area contributed by atoms with E-state index in [4.69, 9.17) is 0 Å². The molecule has 3 rings (SSSR count). The van der Waals surface area contributed by atoms with Crippen LogP contribution in [0, 0.1) is 0 Å². The quantitative estimate of drug-likeness (QED) is 0.649. The molecule has 0 aliphatic rings. The van der Waals surface area contributed by atoms with Crippen LogP contribution >= 0.6 is 11.3 Å². The highest BCUT2D eigenvalue weighted by Gasteiger charge is 2.15. The molecule has 2 amide bonds. The first kappa shape index (κ1) is 19.8. The lowest BCUT2D eigenvalue weighted by atomic mass is 9.87. The zero-order chi connectivity index (χ0) is 20.1. The Morgan fingerprint density at radius 2 is 1.64 bits per heavy atom. The number of benzene rings is 2. The van der Waals surface area contributed by atoms with E-state index in [1.54, 1.807) is 5.38 Å². The van der Waals surface area contributed by atoms with Gasteiger partial charge in [0.1, 0.15) is 5.69 Å². The summed E-state index contributed by atoms with van der Waals surface area (Å²) in [5.74, 6) is -0.464. The van der Waals surface area contributed by atoms with Crippen molar-refractivity contribution in [2.45, 2.75) is 32.6 Å². The van der Waals surface area contributed by atoms with E-state index in [9.17, 15) is 9.59 Å². The molecule has 0 unspecified atom stereocenters. The number of carbonyl (C=O) groups excluding carboxylic acids is 2. The molecule has 0 saturated heterocycles. The maximum absolute atomic E-state index is 12.4. The third-order valence-electron chi connectivity index (χ3n) is 4.20. The van der Waals surface area contributed by atoms with Gasteiger partial charge < -0.3 is 10.6 Å². The standard InChI is InChI=1S/C22H23N3O2S/c1-22(2,3)16-9-11-17(12-10-16)23-20(27)18-14-28-21(24-18)25-19(26)13-15-7-5-4-6-8-15/h4-12,14H,13H2,1-3H3,(H,23,27)(H,24,25,26). The van der Waals surface area contributed by atoms with Gasteiger partial charge in [0, 0.05) is 11.1 Å². The maximum Gasteiger partial charge on any atom is 0.275 e. The third kappa shape index (κ3) is 5.27. The van der Waals surface area contributed by atoms with Crippen molar-refractivity contribution >= 4 is 34.0 Å². The number of rotatable bonds is 5. The van der Waals surface area contributed by atoms with Crippen LogP contribution in [0.25, 0.3) is 0 Å². The van der Waals surface area contributed by atoms with Gasteiger partial charge in [-0.3, -0.25) is 9.59 Å². The van der Waals surface area contributed by atoms with E-state index in [1.165, 1.54) is 16.9 Å². The van der Waals surface area contributed by atoms with Gasteiger partial charge in [0.15, 0.2) is 5.13 Å². The van der Waals surface area contributed by atoms with Gasteiger partial charge in [0.2, 0.25) is 5.91 Å². The fourth-order valence-electron chi connectivity index (χ4n) is 2.63. The first-order chi connectivity index (χ1) is 13.3. The first-order valence-electron chi connectivity index (χ1n) is 9.02. The number of aromatic nitrogens is 1. The van der Waals surface area contributed by atoms with Crippen LogP contribution in [0.4, 0.5) is 10.8 Å². The van der Waals surface area contributed by atoms with E-state index in [1.807, 2.05) is 54.6 Å². The summed E-state index contributed by atoms with van der Waals surface area (Å²) < 4.78 is 0. The Morgan fingerprint density at radius 3 is 2.29 bits per heavy atom. The molecule has 0 aliphatic carbocycles. The van der Waals surface area contributed by atoms with Crippen LogP contribution in [0.2, 0.25) is 0 Å². The van der Waals surface area contributed by atoms with E-state index in [2.05, 4.69) is 36.4 Å². The highest BCUT2D eigenvalue weighted by Crippen LogP contribution is 2.24. The molecule has 1 aromatic heterocycles. The zero-order valence-electron chi connectivity index (χ0n) is 16.2. The number of carbonyl (C=O) groups is 2. The summed E-state index contributed by atoms with van der Waals surface area (Å²) in [6.07, 6.45) is 0.266. The van der Waals surface area contributed by atoms with E-state index in [-0.39, 0.29) is 29.3 Å². The number of hydrogen-bond donors (Lipinski definition) is 2. The summed E-state index contributed by atoms with van der Waals surface area (Å²) in [6, 6.07) is 17.3. The van der Waals surface area contributed by atoms with E-state index in [0.29, 0.717) is 10.8 Å². The lowest BCUT2D eigenvalue weighted by Crippen LogP contribution is -2.16. The second-order valence-electron chi connectivity index (χ2n) is 7.53. The predicted octanol–water partition coefficient (Wildman–Crippen LogP) is 4.87. The molecule has 0 fully saturated rings. The van der Waals surface area contributed by atoms with E-state index < -0.39 is 0 Å². The Kier molecular flexibility index (Phi) is 5.90. The van der Waals surface area contributed by atoms with Crippen LogP contribution in [0.1, 0.15) is 42.4 Å². The van der Waals surface area contributed by atoms with Crippen molar-refractivity contribution < 1.29 is 9.59 Å². The molecule has 0 aliphatic heterocycles. The minimum absolute atomic E-state index is 0.0598. The Bertz CT molecular complexity index is 957. The van der Waals surface area contributed by atoms with Gasteiger partial charge in [-0.05, 0) is 28.7 Å². The molecule has 2 N–H and O–H groups in total. The van der Waals surface area contributed by atoms with E-state index >= 15 is 0 Å². The molecule has 3 aromatic rings. The fourth-order valence-corrected chi connectivity index (χ4v) is 3.34. The molecule has 6 heteroatoms. The van der Waals surface area contributed by atoms with Crippen molar-refractivity contribution in [3.8, 4) is 0 Å². The lowest BCUT2D eigenvalue weighted by Gasteiger charge is -2.19. The Labute approximate surface area is 168 Å². The van der Waals surface area contributed by atoms with Gasteiger partial charge in [0.05, 0.1) is 6.42 Å². The summed E-state index contributed by atoms with van der Waals surface area (Å²) in [4.78, 5) is 28.7. The average Bonchev–Trinajstić information content (AvgIpc) is 3.10. The van der Waals surface area contributed by atoms with Gasteiger partial charge in [-0.2, -0.15) is 0 Å². The second kappa shape index (κ2) is 8.35. The fraction of sp³-hybridized carbons (Fsp3) is 0.227. The van der Waals surface area contributed by atoms with Crippen molar-refractivity contribution in [1.29, 1.82) is 0 Å². The lowest BCUT2D eigenvalue weighted by molar-refractivity contribution is -0.115. The van der Waals surface area contributed by atoms with Crippen LogP contribution in [-0.2, 0) is 16.6 Å². The van der Waals surface area contributed by atoms with E-state index in [0.717, 1.165) is 5.56 Å².